The first kappa shape index (κ1) is 20.4. The van der Waals surface area contributed by atoms with Crippen molar-refractivity contribution in [3.8, 4) is 5.75 Å². The van der Waals surface area contributed by atoms with E-state index in [1.807, 2.05) is 19.1 Å². The first-order valence-corrected chi connectivity index (χ1v) is 9.61. The predicted octanol–water partition coefficient (Wildman–Crippen LogP) is 2.69. The summed E-state index contributed by atoms with van der Waals surface area (Å²) in [7, 11) is -4.01. The molecule has 0 heterocycles. The molecule has 27 heavy (non-hydrogen) atoms. The van der Waals surface area contributed by atoms with Gasteiger partial charge < -0.3 is 9.47 Å². The van der Waals surface area contributed by atoms with E-state index in [4.69, 9.17) is 9.47 Å². The van der Waals surface area contributed by atoms with Crippen LogP contribution in [0, 0.1) is 17.0 Å². The van der Waals surface area contributed by atoms with Gasteiger partial charge in [0.15, 0.2) is 15.1 Å². The Morgan fingerprint density at radius 1 is 1.07 bits per heavy atom. The number of nitro groups is 1. The third kappa shape index (κ3) is 5.27. The molecule has 0 N–H and O–H groups in total. The van der Waals surface area contributed by atoms with Crippen molar-refractivity contribution in [3.63, 3.8) is 0 Å². The lowest BCUT2D eigenvalue weighted by Crippen LogP contribution is -2.30. The fraction of sp³-hybridized carbons (Fsp3) is 0.278. The third-order valence-electron chi connectivity index (χ3n) is 3.79. The SMILES string of the molecule is Cc1ccc(OCCOC(=O)[C@H](C)S(=O)(=O)c2ccc([N+](=O)[O-])cc2)cc1. The molecule has 0 aliphatic rings. The number of benzene rings is 2. The molecule has 1 atom stereocenters. The molecule has 144 valence electrons. The second-order valence-electron chi connectivity index (χ2n) is 5.77. The van der Waals surface area contributed by atoms with E-state index in [1.165, 1.54) is 6.92 Å². The molecule has 0 amide bonds. The van der Waals surface area contributed by atoms with Crippen molar-refractivity contribution in [3.05, 3.63) is 64.2 Å². The highest BCUT2D eigenvalue weighted by atomic mass is 32.2. The number of hydrogen-bond donors (Lipinski definition) is 0. The number of hydrogen-bond acceptors (Lipinski definition) is 7. The number of ether oxygens (including phenoxy) is 2. The first-order chi connectivity index (χ1) is 12.7. The van der Waals surface area contributed by atoms with Crippen LogP contribution in [0.2, 0.25) is 0 Å². The fourth-order valence-corrected chi connectivity index (χ4v) is 3.39. The second-order valence-corrected chi connectivity index (χ2v) is 8.04. The number of esters is 1. The molecule has 0 spiro atoms. The van der Waals surface area contributed by atoms with Gasteiger partial charge in [0, 0.05) is 12.1 Å². The van der Waals surface area contributed by atoms with E-state index >= 15 is 0 Å². The quantitative estimate of drug-likeness (QED) is 0.293. The standard InChI is InChI=1S/C18H19NO7S/c1-13-3-7-16(8-4-13)25-11-12-26-18(20)14(2)27(23,24)17-9-5-15(6-10-17)19(21)22/h3-10,14H,11-12H2,1-2H3/t14-/m0/s1. The molecule has 0 saturated heterocycles. The largest absolute Gasteiger partial charge is 0.490 e. The molecule has 0 fully saturated rings. The molecule has 9 heteroatoms. The topological polar surface area (TPSA) is 113 Å². The van der Waals surface area contributed by atoms with Crippen LogP contribution in [0.4, 0.5) is 5.69 Å². The first-order valence-electron chi connectivity index (χ1n) is 8.06. The number of nitrogens with zero attached hydrogens (tertiary/aromatic N) is 1. The molecule has 0 saturated carbocycles. The molecule has 2 rings (SSSR count). The summed E-state index contributed by atoms with van der Waals surface area (Å²) in [6, 6.07) is 11.6. The summed E-state index contributed by atoms with van der Waals surface area (Å²) < 4.78 is 35.3. The normalized spacial score (nSPS) is 12.2. The molecule has 0 unspecified atom stereocenters. The van der Waals surface area contributed by atoms with Gasteiger partial charge in [0.1, 0.15) is 19.0 Å². The molecular weight excluding hydrogens is 374 g/mol. The summed E-state index contributed by atoms with van der Waals surface area (Å²) >= 11 is 0. The smallest absolute Gasteiger partial charge is 0.324 e. The van der Waals surface area contributed by atoms with Crippen LogP contribution in [0.5, 0.6) is 5.75 Å². The van der Waals surface area contributed by atoms with Crippen LogP contribution in [0.3, 0.4) is 0 Å². The van der Waals surface area contributed by atoms with Crippen LogP contribution in [-0.2, 0) is 19.4 Å². The van der Waals surface area contributed by atoms with E-state index in [0.717, 1.165) is 29.8 Å². The number of aryl methyl sites for hydroxylation is 1. The Bertz CT molecular complexity index is 906. The number of non-ortho nitro benzene ring substituents is 1. The lowest BCUT2D eigenvalue weighted by atomic mass is 10.2. The minimum Gasteiger partial charge on any atom is -0.490 e. The Kier molecular flexibility index (Phi) is 6.51. The van der Waals surface area contributed by atoms with E-state index in [0.29, 0.717) is 5.75 Å². The molecule has 0 bridgehead atoms. The Hall–Kier alpha value is -2.94. The Morgan fingerprint density at radius 2 is 1.67 bits per heavy atom. The monoisotopic (exact) mass is 393 g/mol. The van der Waals surface area contributed by atoms with Gasteiger partial charge in [0.05, 0.1) is 9.82 Å². The van der Waals surface area contributed by atoms with Crippen molar-refractivity contribution < 1.29 is 27.6 Å². The highest BCUT2D eigenvalue weighted by Gasteiger charge is 2.31. The van der Waals surface area contributed by atoms with Crippen LogP contribution in [-0.4, -0.2) is 37.8 Å². The molecule has 0 radical (unpaired) electrons. The zero-order valence-electron chi connectivity index (χ0n) is 14.8. The van der Waals surface area contributed by atoms with Crippen LogP contribution in [0.25, 0.3) is 0 Å². The molecule has 2 aromatic carbocycles. The van der Waals surface area contributed by atoms with Crippen molar-refractivity contribution in [1.29, 1.82) is 0 Å². The zero-order valence-corrected chi connectivity index (χ0v) is 15.6. The van der Waals surface area contributed by atoms with E-state index < -0.39 is 26.0 Å². The van der Waals surface area contributed by atoms with E-state index in [1.54, 1.807) is 12.1 Å². The number of nitro benzene ring substituents is 1. The number of carbonyl (C=O) groups excluding carboxylic acids is 1. The van der Waals surface area contributed by atoms with Gasteiger partial charge in [0.25, 0.3) is 5.69 Å². The zero-order chi connectivity index (χ0) is 20.0. The Morgan fingerprint density at radius 3 is 2.22 bits per heavy atom. The molecule has 8 nitrogen and oxygen atoms in total. The summed E-state index contributed by atoms with van der Waals surface area (Å²) in [5.74, 6) is -0.302. The maximum Gasteiger partial charge on any atom is 0.324 e. The van der Waals surface area contributed by atoms with Gasteiger partial charge in [-0.25, -0.2) is 8.42 Å². The van der Waals surface area contributed by atoms with E-state index in [2.05, 4.69) is 0 Å². The summed E-state index contributed by atoms with van der Waals surface area (Å²) in [5, 5.41) is 9.19. The van der Waals surface area contributed by atoms with Crippen molar-refractivity contribution in [2.75, 3.05) is 13.2 Å². The minimum absolute atomic E-state index is 0.0824. The molecular formula is C18H19NO7S. The average Bonchev–Trinajstić information content (AvgIpc) is 2.65. The average molecular weight is 393 g/mol. The van der Waals surface area contributed by atoms with Gasteiger partial charge in [-0.05, 0) is 38.1 Å². The van der Waals surface area contributed by atoms with Crippen molar-refractivity contribution in [2.45, 2.75) is 24.0 Å². The maximum absolute atomic E-state index is 12.4. The van der Waals surface area contributed by atoms with Crippen molar-refractivity contribution >= 4 is 21.5 Å². The Labute approximate surface area is 156 Å². The second kappa shape index (κ2) is 8.63. The fourth-order valence-electron chi connectivity index (χ4n) is 2.14. The van der Waals surface area contributed by atoms with Gasteiger partial charge in [-0.15, -0.1) is 0 Å². The molecule has 2 aromatic rings. The van der Waals surface area contributed by atoms with Gasteiger partial charge in [0.2, 0.25) is 0 Å². The van der Waals surface area contributed by atoms with Crippen molar-refractivity contribution in [1.82, 2.24) is 0 Å². The summed E-state index contributed by atoms with van der Waals surface area (Å²) in [6.45, 7) is 3.13. The van der Waals surface area contributed by atoms with Gasteiger partial charge in [-0.3, -0.25) is 14.9 Å². The van der Waals surface area contributed by atoms with Gasteiger partial charge in [-0.2, -0.15) is 0 Å². The molecule has 0 aliphatic heterocycles. The number of carbonyl (C=O) groups is 1. The van der Waals surface area contributed by atoms with Gasteiger partial charge in [-0.1, -0.05) is 17.7 Å². The summed E-state index contributed by atoms with van der Waals surface area (Å²) in [6.07, 6.45) is 0. The number of sulfone groups is 1. The molecule has 0 aromatic heterocycles. The Balaban J connectivity index is 1.90. The number of rotatable bonds is 8. The highest BCUT2D eigenvalue weighted by molar-refractivity contribution is 7.92. The van der Waals surface area contributed by atoms with Crippen molar-refractivity contribution in [2.24, 2.45) is 0 Å². The van der Waals surface area contributed by atoms with Crippen LogP contribution >= 0.6 is 0 Å². The molecule has 0 aliphatic carbocycles. The van der Waals surface area contributed by atoms with Crippen LogP contribution < -0.4 is 4.74 Å². The van der Waals surface area contributed by atoms with E-state index in [-0.39, 0.29) is 23.8 Å². The van der Waals surface area contributed by atoms with Crippen LogP contribution in [0.1, 0.15) is 12.5 Å². The summed E-state index contributed by atoms with van der Waals surface area (Å²) in [4.78, 5) is 21.8. The minimum atomic E-state index is -4.01. The summed E-state index contributed by atoms with van der Waals surface area (Å²) in [5.41, 5.74) is 0.844. The predicted molar refractivity (Wildman–Crippen MR) is 97.4 cm³/mol. The van der Waals surface area contributed by atoms with Crippen LogP contribution in [0.15, 0.2) is 53.4 Å². The lowest BCUT2D eigenvalue weighted by Gasteiger charge is -2.13. The lowest BCUT2D eigenvalue weighted by molar-refractivity contribution is -0.384. The maximum atomic E-state index is 12.4. The third-order valence-corrected chi connectivity index (χ3v) is 5.84. The van der Waals surface area contributed by atoms with Gasteiger partial charge >= 0.3 is 5.97 Å². The van der Waals surface area contributed by atoms with E-state index in [9.17, 15) is 23.3 Å². The highest BCUT2D eigenvalue weighted by Crippen LogP contribution is 2.20.